The van der Waals surface area contributed by atoms with Crippen molar-refractivity contribution in [3.63, 3.8) is 0 Å². The molecule has 0 fully saturated rings. The van der Waals surface area contributed by atoms with E-state index < -0.39 is 5.54 Å². The van der Waals surface area contributed by atoms with E-state index in [1.807, 2.05) is 19.0 Å². The van der Waals surface area contributed by atoms with Gasteiger partial charge in [-0.3, -0.25) is 4.99 Å². The Hall–Kier alpha value is -1.34. The van der Waals surface area contributed by atoms with Crippen LogP contribution in [-0.2, 0) is 9.53 Å². The SMILES string of the molecule is CC1C=NC(CCCCNCC=NF)(CN(C)C)C(=O)O1. The fraction of sp³-hybridized carbons (Fsp3) is 0.786. The number of nitrogens with one attached hydrogen (secondary N) is 1. The number of rotatable bonds is 9. The largest absolute Gasteiger partial charge is 0.455 e. The van der Waals surface area contributed by atoms with E-state index in [9.17, 15) is 9.28 Å². The number of halogens is 1. The van der Waals surface area contributed by atoms with Crippen LogP contribution >= 0.6 is 0 Å². The Labute approximate surface area is 125 Å². The standard InChI is InChI=1S/C14H25FN4O2/c1-12-10-17-14(11-19(2)3,13(20)21-12)6-4-5-7-16-8-9-18-15/h9-10,12,16H,4-8,11H2,1-3H3. The van der Waals surface area contributed by atoms with Crippen molar-refractivity contribution in [1.82, 2.24) is 10.2 Å². The summed E-state index contributed by atoms with van der Waals surface area (Å²) in [7, 11) is 3.83. The maximum absolute atomic E-state index is 12.2. The first-order valence-corrected chi connectivity index (χ1v) is 7.25. The second-order valence-electron chi connectivity index (χ2n) is 5.60. The lowest BCUT2D eigenvalue weighted by molar-refractivity contribution is -0.154. The quantitative estimate of drug-likeness (QED) is 0.392. The maximum Gasteiger partial charge on any atom is 0.335 e. The van der Waals surface area contributed by atoms with E-state index in [0.717, 1.165) is 19.4 Å². The molecular formula is C14H25FN4O2. The van der Waals surface area contributed by atoms with Crippen molar-refractivity contribution in [1.29, 1.82) is 0 Å². The molecule has 1 N–H and O–H groups in total. The van der Waals surface area contributed by atoms with E-state index in [2.05, 4.69) is 15.5 Å². The van der Waals surface area contributed by atoms with Gasteiger partial charge in [-0.25, -0.2) is 4.79 Å². The summed E-state index contributed by atoms with van der Waals surface area (Å²) in [5.74, 6) is -0.247. The molecule has 1 aliphatic rings. The summed E-state index contributed by atoms with van der Waals surface area (Å²) in [4.78, 5) is 18.7. The first-order valence-electron chi connectivity index (χ1n) is 7.25. The van der Waals surface area contributed by atoms with Gasteiger partial charge < -0.3 is 15.0 Å². The van der Waals surface area contributed by atoms with Crippen LogP contribution in [0.15, 0.2) is 10.2 Å². The number of unbranched alkanes of at least 4 members (excludes halogenated alkanes) is 1. The van der Waals surface area contributed by atoms with Gasteiger partial charge in [-0.1, -0.05) is 9.70 Å². The number of ether oxygens (including phenoxy) is 1. The van der Waals surface area contributed by atoms with E-state index >= 15 is 0 Å². The molecule has 0 saturated carbocycles. The van der Waals surface area contributed by atoms with Gasteiger partial charge in [-0.2, -0.15) is 0 Å². The number of esters is 1. The molecule has 0 aliphatic carbocycles. The van der Waals surface area contributed by atoms with E-state index in [0.29, 0.717) is 19.5 Å². The van der Waals surface area contributed by atoms with Gasteiger partial charge >= 0.3 is 5.97 Å². The van der Waals surface area contributed by atoms with Gasteiger partial charge in [0.15, 0.2) is 5.54 Å². The molecule has 6 nitrogen and oxygen atoms in total. The van der Waals surface area contributed by atoms with Crippen LogP contribution in [0.4, 0.5) is 4.48 Å². The highest BCUT2D eigenvalue weighted by molar-refractivity contribution is 5.88. The van der Waals surface area contributed by atoms with Crippen LogP contribution < -0.4 is 5.32 Å². The molecule has 0 radical (unpaired) electrons. The predicted molar refractivity (Wildman–Crippen MR) is 81.7 cm³/mol. The zero-order valence-corrected chi connectivity index (χ0v) is 13.0. The van der Waals surface area contributed by atoms with Crippen molar-refractivity contribution in [2.45, 2.75) is 37.8 Å². The van der Waals surface area contributed by atoms with Crippen molar-refractivity contribution in [3.05, 3.63) is 0 Å². The molecule has 0 amide bonds. The van der Waals surface area contributed by atoms with Crippen LogP contribution in [0, 0.1) is 0 Å². The minimum Gasteiger partial charge on any atom is -0.455 e. The van der Waals surface area contributed by atoms with E-state index in [-0.39, 0.29) is 12.1 Å². The second kappa shape index (κ2) is 8.84. The Balaban J connectivity index is 2.48. The summed E-state index contributed by atoms with van der Waals surface area (Å²) in [6, 6.07) is 0. The number of hydrogen-bond acceptors (Lipinski definition) is 6. The third kappa shape index (κ3) is 5.89. The summed E-state index contributed by atoms with van der Waals surface area (Å²) in [5, 5.41) is 5.46. The van der Waals surface area contributed by atoms with Gasteiger partial charge in [0.05, 0.1) is 6.21 Å². The normalized spacial score (nSPS) is 25.8. The van der Waals surface area contributed by atoms with Gasteiger partial charge in [0.25, 0.3) is 0 Å². The minimum absolute atomic E-state index is 0.247. The molecule has 0 aromatic heterocycles. The first kappa shape index (κ1) is 17.7. The molecule has 21 heavy (non-hydrogen) atoms. The molecule has 1 rings (SSSR count). The Morgan fingerprint density at radius 3 is 2.95 bits per heavy atom. The smallest absolute Gasteiger partial charge is 0.335 e. The number of carbonyl (C=O) groups is 1. The third-order valence-corrected chi connectivity index (χ3v) is 3.28. The predicted octanol–water partition coefficient (Wildman–Crippen LogP) is 1.02. The van der Waals surface area contributed by atoms with Crippen LogP contribution in [0.2, 0.25) is 0 Å². The Kier molecular flexibility index (Phi) is 7.45. The number of carbonyl (C=O) groups excluding carboxylic acids is 1. The molecule has 2 unspecified atom stereocenters. The third-order valence-electron chi connectivity index (χ3n) is 3.28. The van der Waals surface area contributed by atoms with Crippen molar-refractivity contribution in [3.8, 4) is 0 Å². The molecule has 0 spiro atoms. The molecule has 0 saturated heterocycles. The first-order chi connectivity index (χ1) is 10.00. The summed E-state index contributed by atoms with van der Waals surface area (Å²) in [6.45, 7) is 3.50. The average Bonchev–Trinajstić information content (AvgIpc) is 2.41. The number of likely N-dealkylation sites (N-methyl/N-ethyl adjacent to an activating group) is 1. The van der Waals surface area contributed by atoms with Crippen LogP contribution in [0.25, 0.3) is 0 Å². The van der Waals surface area contributed by atoms with Gasteiger partial charge in [0.2, 0.25) is 0 Å². The van der Waals surface area contributed by atoms with E-state index in [1.165, 1.54) is 6.21 Å². The lowest BCUT2D eigenvalue weighted by Gasteiger charge is -2.34. The molecule has 0 aromatic carbocycles. The number of aliphatic imine (C=N–C) groups is 1. The van der Waals surface area contributed by atoms with Crippen molar-refractivity contribution < 1.29 is 14.0 Å². The lowest BCUT2D eigenvalue weighted by Crippen LogP contribution is -2.50. The molecular weight excluding hydrogens is 275 g/mol. The monoisotopic (exact) mass is 300 g/mol. The van der Waals surface area contributed by atoms with Gasteiger partial charge in [-0.05, 0) is 46.8 Å². The van der Waals surface area contributed by atoms with Crippen molar-refractivity contribution in [2.75, 3.05) is 33.7 Å². The van der Waals surface area contributed by atoms with E-state index in [4.69, 9.17) is 4.74 Å². The Morgan fingerprint density at radius 2 is 2.33 bits per heavy atom. The van der Waals surface area contributed by atoms with Gasteiger partial charge in [-0.15, -0.1) is 0 Å². The van der Waals surface area contributed by atoms with Crippen LogP contribution in [0.5, 0.6) is 0 Å². The zero-order valence-electron chi connectivity index (χ0n) is 13.0. The summed E-state index contributed by atoms with van der Waals surface area (Å²) in [5.41, 5.74) is -0.795. The van der Waals surface area contributed by atoms with Crippen LogP contribution in [0.3, 0.4) is 0 Å². The molecule has 7 heteroatoms. The van der Waals surface area contributed by atoms with Crippen LogP contribution in [0.1, 0.15) is 26.2 Å². The maximum atomic E-state index is 12.2. The molecule has 0 bridgehead atoms. The Bertz CT molecular complexity index is 387. The fourth-order valence-electron chi connectivity index (χ4n) is 2.35. The number of nitrogens with zero attached hydrogens (tertiary/aromatic N) is 3. The fourth-order valence-corrected chi connectivity index (χ4v) is 2.35. The van der Waals surface area contributed by atoms with Crippen LogP contribution in [-0.4, -0.2) is 68.7 Å². The highest BCUT2D eigenvalue weighted by Crippen LogP contribution is 2.25. The molecule has 1 aliphatic heterocycles. The highest BCUT2D eigenvalue weighted by atomic mass is 19.2. The molecule has 2 atom stereocenters. The summed E-state index contributed by atoms with van der Waals surface area (Å²) in [6.07, 6.45) is 5.00. The van der Waals surface area contributed by atoms with Gasteiger partial charge in [0, 0.05) is 19.3 Å². The summed E-state index contributed by atoms with van der Waals surface area (Å²) >= 11 is 0. The second-order valence-corrected chi connectivity index (χ2v) is 5.60. The Morgan fingerprint density at radius 1 is 1.57 bits per heavy atom. The van der Waals surface area contributed by atoms with Gasteiger partial charge in [0.1, 0.15) is 6.10 Å². The molecule has 120 valence electrons. The topological polar surface area (TPSA) is 66.3 Å². The van der Waals surface area contributed by atoms with E-state index in [1.54, 1.807) is 13.1 Å². The zero-order chi connectivity index (χ0) is 15.7. The average molecular weight is 300 g/mol. The summed E-state index contributed by atoms with van der Waals surface area (Å²) < 4.78 is 16.8. The van der Waals surface area contributed by atoms with Crippen molar-refractivity contribution >= 4 is 18.4 Å². The minimum atomic E-state index is -0.795. The van der Waals surface area contributed by atoms with Crippen molar-refractivity contribution in [2.24, 2.45) is 10.2 Å². The molecule has 0 aromatic rings. The molecule has 1 heterocycles. The number of cyclic esters (lactones) is 1. The lowest BCUT2D eigenvalue weighted by atomic mass is 9.91. The highest BCUT2D eigenvalue weighted by Gasteiger charge is 2.42. The number of hydrogen-bond donors (Lipinski definition) is 1.